The standard InChI is InChI=1S/C6H14O.C3HBrF6O/c1-5(2)7-6(3)4;4-2(6,7)1(5)11-3(8,9)10/h5-6H,1-4H3;1H. The van der Waals surface area contributed by atoms with Gasteiger partial charge < -0.3 is 4.74 Å². The van der Waals surface area contributed by atoms with Crippen LogP contribution in [0.25, 0.3) is 0 Å². The van der Waals surface area contributed by atoms with Gasteiger partial charge in [-0.1, -0.05) is 0 Å². The van der Waals surface area contributed by atoms with Crippen molar-refractivity contribution >= 4 is 15.9 Å². The number of alkyl halides is 7. The first-order valence-electron chi connectivity index (χ1n) is 4.86. The molecular formula is C9H15BrF6O2. The van der Waals surface area contributed by atoms with Crippen LogP contribution >= 0.6 is 15.9 Å². The smallest absolute Gasteiger partial charge is 0.376 e. The van der Waals surface area contributed by atoms with Crippen LogP contribution in [-0.4, -0.2) is 29.8 Å². The average Bonchev–Trinajstić information content (AvgIpc) is 1.96. The Labute approximate surface area is 110 Å². The van der Waals surface area contributed by atoms with E-state index >= 15 is 0 Å². The van der Waals surface area contributed by atoms with Gasteiger partial charge in [-0.05, 0) is 43.6 Å². The zero-order valence-electron chi connectivity index (χ0n) is 10.2. The molecule has 0 aromatic carbocycles. The molecule has 0 radical (unpaired) electrons. The first-order chi connectivity index (χ1) is 7.75. The second-order valence-electron chi connectivity index (χ2n) is 3.65. The van der Waals surface area contributed by atoms with Gasteiger partial charge >= 0.3 is 11.2 Å². The van der Waals surface area contributed by atoms with E-state index in [0.717, 1.165) is 0 Å². The summed E-state index contributed by atoms with van der Waals surface area (Å²) in [4.78, 5) is -4.33. The van der Waals surface area contributed by atoms with Crippen LogP contribution in [0.5, 0.6) is 0 Å². The van der Waals surface area contributed by atoms with Crippen LogP contribution in [0.4, 0.5) is 26.3 Å². The van der Waals surface area contributed by atoms with Gasteiger partial charge in [0.1, 0.15) is 0 Å². The van der Waals surface area contributed by atoms with Gasteiger partial charge in [-0.15, -0.1) is 13.2 Å². The molecule has 9 heteroatoms. The minimum Gasteiger partial charge on any atom is -0.376 e. The van der Waals surface area contributed by atoms with E-state index in [9.17, 15) is 26.3 Å². The molecule has 18 heavy (non-hydrogen) atoms. The Balaban J connectivity index is 0. The topological polar surface area (TPSA) is 18.5 Å². The molecule has 2 nitrogen and oxygen atoms in total. The summed E-state index contributed by atoms with van der Waals surface area (Å²) in [6.45, 7) is 8.17. The van der Waals surface area contributed by atoms with Gasteiger partial charge in [0, 0.05) is 0 Å². The van der Waals surface area contributed by atoms with E-state index in [1.54, 1.807) is 0 Å². The zero-order chi connectivity index (χ0) is 15.1. The van der Waals surface area contributed by atoms with Gasteiger partial charge in [0.25, 0.3) is 6.36 Å². The van der Waals surface area contributed by atoms with Crippen LogP contribution < -0.4 is 0 Å². The number of ether oxygens (including phenoxy) is 2. The molecule has 0 saturated heterocycles. The fourth-order valence-corrected chi connectivity index (χ4v) is 0.822. The molecule has 0 aromatic heterocycles. The molecule has 0 amide bonds. The number of hydrogen-bond donors (Lipinski definition) is 0. The predicted molar refractivity (Wildman–Crippen MR) is 57.3 cm³/mol. The van der Waals surface area contributed by atoms with E-state index in [1.807, 2.05) is 27.7 Å². The molecule has 0 bridgehead atoms. The Bertz CT molecular complexity index is 208. The largest absolute Gasteiger partial charge is 0.525 e. The normalized spacial score (nSPS) is 14.5. The van der Waals surface area contributed by atoms with Gasteiger partial charge in [0.15, 0.2) is 0 Å². The Hall–Kier alpha value is -0.0200. The lowest BCUT2D eigenvalue weighted by atomic mass is 10.4. The first kappa shape index (κ1) is 20.3. The lowest BCUT2D eigenvalue weighted by Crippen LogP contribution is -2.31. The highest BCUT2D eigenvalue weighted by Crippen LogP contribution is 2.33. The van der Waals surface area contributed by atoms with Crippen molar-refractivity contribution in [3.05, 3.63) is 0 Å². The summed E-state index contributed by atoms with van der Waals surface area (Å²) in [7, 11) is 0. The van der Waals surface area contributed by atoms with Crippen LogP contribution in [0.2, 0.25) is 0 Å². The van der Waals surface area contributed by atoms with E-state index in [4.69, 9.17) is 4.74 Å². The maximum atomic E-state index is 11.7. The third-order valence-electron chi connectivity index (χ3n) is 1.04. The molecular weight excluding hydrogens is 334 g/mol. The summed E-state index contributed by atoms with van der Waals surface area (Å²) >= 11 is 1.36. The average molecular weight is 349 g/mol. The lowest BCUT2D eigenvalue weighted by Gasteiger charge is -2.15. The van der Waals surface area contributed by atoms with E-state index in [0.29, 0.717) is 12.2 Å². The predicted octanol–water partition coefficient (Wildman–Crippen LogP) is 4.63. The van der Waals surface area contributed by atoms with Crippen molar-refractivity contribution in [1.29, 1.82) is 0 Å². The molecule has 0 aliphatic heterocycles. The molecule has 0 heterocycles. The Morgan fingerprint density at radius 2 is 1.22 bits per heavy atom. The number of halogens is 7. The molecule has 0 aromatic rings. The summed E-state index contributed by atoms with van der Waals surface area (Å²) < 4.78 is 75.4. The molecule has 0 aliphatic rings. The van der Waals surface area contributed by atoms with Crippen molar-refractivity contribution < 1.29 is 35.8 Å². The second kappa shape index (κ2) is 8.21. The SMILES string of the molecule is CC(C)OC(C)C.FC(OC(F)(F)F)C(F)(F)Br. The van der Waals surface area contributed by atoms with Crippen molar-refractivity contribution in [2.75, 3.05) is 0 Å². The maximum Gasteiger partial charge on any atom is 0.525 e. The summed E-state index contributed by atoms with van der Waals surface area (Å²) in [6.07, 6.45) is -8.39. The minimum atomic E-state index is -5.41. The Kier molecular flexibility index (Phi) is 9.26. The summed E-state index contributed by atoms with van der Waals surface area (Å²) in [5, 5.41) is 0. The van der Waals surface area contributed by atoms with E-state index in [1.165, 1.54) is 15.9 Å². The van der Waals surface area contributed by atoms with Crippen LogP contribution in [0.3, 0.4) is 0 Å². The van der Waals surface area contributed by atoms with Gasteiger partial charge in [0.05, 0.1) is 12.2 Å². The minimum absolute atomic E-state index is 0.375. The molecule has 1 atom stereocenters. The van der Waals surface area contributed by atoms with Gasteiger partial charge in [0.2, 0.25) is 0 Å². The monoisotopic (exact) mass is 348 g/mol. The summed E-state index contributed by atoms with van der Waals surface area (Å²) in [6, 6.07) is 0. The molecule has 0 N–H and O–H groups in total. The van der Waals surface area contributed by atoms with E-state index in [-0.39, 0.29) is 0 Å². The maximum absolute atomic E-state index is 11.7. The fourth-order valence-electron chi connectivity index (χ4n) is 0.728. The summed E-state index contributed by atoms with van der Waals surface area (Å²) in [5.74, 6) is 0. The highest BCUT2D eigenvalue weighted by atomic mass is 79.9. The van der Waals surface area contributed by atoms with Crippen LogP contribution in [0.1, 0.15) is 27.7 Å². The molecule has 0 fully saturated rings. The fraction of sp³-hybridized carbons (Fsp3) is 1.00. The first-order valence-corrected chi connectivity index (χ1v) is 5.65. The molecule has 0 aliphatic carbocycles. The molecule has 0 saturated carbocycles. The molecule has 0 spiro atoms. The van der Waals surface area contributed by atoms with E-state index in [2.05, 4.69) is 4.74 Å². The second-order valence-corrected chi connectivity index (χ2v) is 4.71. The Morgan fingerprint density at radius 1 is 0.889 bits per heavy atom. The van der Waals surface area contributed by atoms with Crippen LogP contribution in [-0.2, 0) is 9.47 Å². The third-order valence-corrected chi connectivity index (χ3v) is 1.40. The van der Waals surface area contributed by atoms with Crippen LogP contribution in [0.15, 0.2) is 0 Å². The van der Waals surface area contributed by atoms with Crippen molar-refractivity contribution in [3.63, 3.8) is 0 Å². The molecule has 0 rings (SSSR count). The van der Waals surface area contributed by atoms with Gasteiger partial charge in [-0.2, -0.15) is 8.78 Å². The lowest BCUT2D eigenvalue weighted by molar-refractivity contribution is -0.376. The highest BCUT2D eigenvalue weighted by Gasteiger charge is 2.46. The number of hydrogen-bond acceptors (Lipinski definition) is 2. The van der Waals surface area contributed by atoms with E-state index < -0.39 is 17.6 Å². The quantitative estimate of drug-likeness (QED) is 0.544. The van der Waals surface area contributed by atoms with Crippen LogP contribution in [0, 0.1) is 0 Å². The highest BCUT2D eigenvalue weighted by molar-refractivity contribution is 9.10. The van der Waals surface area contributed by atoms with Crippen molar-refractivity contribution in [1.82, 2.24) is 0 Å². The third kappa shape index (κ3) is 16.0. The molecule has 1 unspecified atom stereocenters. The summed E-state index contributed by atoms with van der Waals surface area (Å²) in [5.41, 5.74) is 0. The molecule has 112 valence electrons. The van der Waals surface area contributed by atoms with Gasteiger partial charge in [-0.25, -0.2) is 9.13 Å². The number of rotatable bonds is 4. The van der Waals surface area contributed by atoms with Crippen molar-refractivity contribution in [3.8, 4) is 0 Å². The Morgan fingerprint density at radius 3 is 1.28 bits per heavy atom. The van der Waals surface area contributed by atoms with Crippen molar-refractivity contribution in [2.45, 2.75) is 57.5 Å². The zero-order valence-corrected chi connectivity index (χ0v) is 11.8. The van der Waals surface area contributed by atoms with Gasteiger partial charge in [-0.3, -0.25) is 0 Å². The van der Waals surface area contributed by atoms with Crippen molar-refractivity contribution in [2.24, 2.45) is 0 Å².